The van der Waals surface area contributed by atoms with Gasteiger partial charge in [0.05, 0.1) is 11.2 Å². The van der Waals surface area contributed by atoms with Crippen molar-refractivity contribution in [1.29, 1.82) is 5.41 Å². The monoisotopic (exact) mass is 456 g/mol. The summed E-state index contributed by atoms with van der Waals surface area (Å²) in [6.45, 7) is 1.92. The third-order valence-electron chi connectivity index (χ3n) is 5.43. The molecular formula is C27H22F2N4O. The summed E-state index contributed by atoms with van der Waals surface area (Å²) in [5.41, 5.74) is 3.70. The van der Waals surface area contributed by atoms with Crippen molar-refractivity contribution in [2.24, 2.45) is 0 Å². The molecule has 0 saturated carbocycles. The Labute approximate surface area is 195 Å². The maximum Gasteiger partial charge on any atom is 0.256 e. The Bertz CT molecular complexity index is 1450. The summed E-state index contributed by atoms with van der Waals surface area (Å²) in [7, 11) is 1.66. The molecule has 0 saturated heterocycles. The Morgan fingerprint density at radius 1 is 1.03 bits per heavy atom. The summed E-state index contributed by atoms with van der Waals surface area (Å²) in [6, 6.07) is 17.7. The van der Waals surface area contributed by atoms with Gasteiger partial charge >= 0.3 is 0 Å². The van der Waals surface area contributed by atoms with E-state index in [4.69, 9.17) is 5.41 Å². The molecule has 1 amide bonds. The first-order valence-electron chi connectivity index (χ1n) is 10.6. The number of hydrogen-bond donors (Lipinski definition) is 3. The second-order valence-corrected chi connectivity index (χ2v) is 7.75. The van der Waals surface area contributed by atoms with Crippen LogP contribution in [0.1, 0.15) is 21.5 Å². The molecule has 0 fully saturated rings. The smallest absolute Gasteiger partial charge is 0.256 e. The Balaban J connectivity index is 1.56. The van der Waals surface area contributed by atoms with Gasteiger partial charge in [0.15, 0.2) is 0 Å². The van der Waals surface area contributed by atoms with Crippen molar-refractivity contribution in [2.45, 2.75) is 6.92 Å². The number of nitrogens with zero attached hydrogens (tertiary/aromatic N) is 1. The zero-order valence-corrected chi connectivity index (χ0v) is 18.6. The predicted octanol–water partition coefficient (Wildman–Crippen LogP) is 5.35. The van der Waals surface area contributed by atoms with Gasteiger partial charge in [0, 0.05) is 53.0 Å². The average Bonchev–Trinajstić information content (AvgIpc) is 2.83. The minimum atomic E-state index is -0.667. The minimum Gasteiger partial charge on any atom is -0.375 e. The molecule has 34 heavy (non-hydrogen) atoms. The highest BCUT2D eigenvalue weighted by atomic mass is 19.1. The molecule has 3 aromatic carbocycles. The van der Waals surface area contributed by atoms with Crippen molar-refractivity contribution in [3.05, 3.63) is 113 Å². The van der Waals surface area contributed by atoms with E-state index in [1.807, 2.05) is 31.2 Å². The normalized spacial score (nSPS) is 11.4. The van der Waals surface area contributed by atoms with E-state index in [0.29, 0.717) is 27.9 Å². The first-order chi connectivity index (χ1) is 16.4. The fourth-order valence-corrected chi connectivity index (χ4v) is 3.60. The van der Waals surface area contributed by atoms with E-state index >= 15 is 0 Å². The Hall–Kier alpha value is -4.39. The van der Waals surface area contributed by atoms with Crippen molar-refractivity contribution >= 4 is 22.5 Å². The van der Waals surface area contributed by atoms with Crippen LogP contribution in [0.5, 0.6) is 0 Å². The number of halogens is 2. The lowest BCUT2D eigenvalue weighted by Crippen LogP contribution is -2.30. The van der Waals surface area contributed by atoms with E-state index in [-0.39, 0.29) is 17.2 Å². The highest BCUT2D eigenvalue weighted by molar-refractivity contribution is 6.08. The molecule has 1 heterocycles. The van der Waals surface area contributed by atoms with Crippen LogP contribution < -0.4 is 10.6 Å². The first-order valence-corrected chi connectivity index (χ1v) is 10.6. The topological polar surface area (TPSA) is 77.9 Å². The molecule has 5 nitrogen and oxygen atoms in total. The molecule has 0 aliphatic rings. The van der Waals surface area contributed by atoms with Crippen molar-refractivity contribution in [3.63, 3.8) is 0 Å². The predicted molar refractivity (Wildman–Crippen MR) is 130 cm³/mol. The second-order valence-electron chi connectivity index (χ2n) is 7.75. The van der Waals surface area contributed by atoms with Crippen LogP contribution in [-0.4, -0.2) is 23.7 Å². The van der Waals surface area contributed by atoms with E-state index in [2.05, 4.69) is 15.6 Å². The number of nitrogens with one attached hydrogen (secondary N) is 3. The number of aromatic nitrogens is 1. The Morgan fingerprint density at radius 2 is 1.82 bits per heavy atom. The quantitative estimate of drug-likeness (QED) is 0.343. The van der Waals surface area contributed by atoms with Crippen molar-refractivity contribution in [3.8, 4) is 11.1 Å². The molecule has 170 valence electrons. The number of amides is 1. The summed E-state index contributed by atoms with van der Waals surface area (Å²) in [5.74, 6) is -1.29. The van der Waals surface area contributed by atoms with Gasteiger partial charge in [0.1, 0.15) is 17.5 Å². The van der Waals surface area contributed by atoms with Gasteiger partial charge in [-0.05, 0) is 42.8 Å². The van der Waals surface area contributed by atoms with Gasteiger partial charge in [-0.1, -0.05) is 30.3 Å². The zero-order chi connectivity index (χ0) is 24.2. The summed E-state index contributed by atoms with van der Waals surface area (Å²) in [6.07, 6.45) is 3.05. The summed E-state index contributed by atoms with van der Waals surface area (Å²) in [5, 5.41) is 14.7. The highest BCUT2D eigenvalue weighted by Crippen LogP contribution is 2.26. The van der Waals surface area contributed by atoms with Crippen LogP contribution >= 0.6 is 0 Å². The summed E-state index contributed by atoms with van der Waals surface area (Å²) < 4.78 is 27.3. The largest absolute Gasteiger partial charge is 0.375 e. The van der Waals surface area contributed by atoms with Gasteiger partial charge in [-0.15, -0.1) is 0 Å². The molecule has 0 unspecified atom stereocenters. The van der Waals surface area contributed by atoms with Crippen LogP contribution in [0.2, 0.25) is 0 Å². The third-order valence-corrected chi connectivity index (χ3v) is 5.43. The molecular weight excluding hydrogens is 434 g/mol. The maximum atomic E-state index is 14.1. The van der Waals surface area contributed by atoms with E-state index in [1.165, 1.54) is 18.3 Å². The van der Waals surface area contributed by atoms with Crippen LogP contribution in [-0.2, 0) is 0 Å². The Kier molecular flexibility index (Phi) is 6.45. The fourth-order valence-electron chi connectivity index (χ4n) is 3.60. The van der Waals surface area contributed by atoms with Crippen LogP contribution in [0.25, 0.3) is 22.0 Å². The SMILES string of the molecule is CN/C(=C\C(=N)c1ccccc1C)NC(=O)c1ccc2cc(-c3ccc(F)cc3F)cnc2c1. The van der Waals surface area contributed by atoms with Gasteiger partial charge < -0.3 is 16.0 Å². The molecule has 0 spiro atoms. The Morgan fingerprint density at radius 3 is 2.56 bits per heavy atom. The number of carbonyl (C=O) groups is 1. The fraction of sp³-hybridized carbons (Fsp3) is 0.0741. The van der Waals surface area contributed by atoms with Crippen molar-refractivity contribution < 1.29 is 13.6 Å². The maximum absolute atomic E-state index is 14.1. The van der Waals surface area contributed by atoms with Gasteiger partial charge in [0.2, 0.25) is 0 Å². The lowest BCUT2D eigenvalue weighted by Gasteiger charge is -2.11. The van der Waals surface area contributed by atoms with Gasteiger partial charge in [-0.2, -0.15) is 0 Å². The molecule has 0 atom stereocenters. The average molecular weight is 456 g/mol. The number of carbonyl (C=O) groups excluding carboxylic acids is 1. The standard InChI is InChI=1S/C27H22F2N4O/c1-16-5-3-4-6-21(16)24(30)14-26(31-2)33-27(34)18-8-7-17-11-19(15-32-25(17)12-18)22-10-9-20(28)13-23(22)29/h3-15,30-31H,1-2H3,(H,33,34)/b26-14+,30-24?. The molecule has 0 aliphatic carbocycles. The van der Waals surface area contributed by atoms with Crippen LogP contribution in [0.3, 0.4) is 0 Å². The number of allylic oxidation sites excluding steroid dienone is 1. The van der Waals surface area contributed by atoms with E-state index in [0.717, 1.165) is 17.2 Å². The second kappa shape index (κ2) is 9.62. The first kappa shape index (κ1) is 22.8. The van der Waals surface area contributed by atoms with Crippen LogP contribution in [0, 0.1) is 24.0 Å². The van der Waals surface area contributed by atoms with Gasteiger partial charge in [0.25, 0.3) is 5.91 Å². The molecule has 3 N–H and O–H groups in total. The lowest BCUT2D eigenvalue weighted by atomic mass is 10.0. The minimum absolute atomic E-state index is 0.248. The number of pyridine rings is 1. The number of aryl methyl sites for hydroxylation is 1. The number of benzene rings is 3. The van der Waals surface area contributed by atoms with E-state index in [9.17, 15) is 13.6 Å². The number of fused-ring (bicyclic) bond motifs is 1. The zero-order valence-electron chi connectivity index (χ0n) is 18.6. The molecule has 0 bridgehead atoms. The van der Waals surface area contributed by atoms with Gasteiger partial charge in [-0.25, -0.2) is 8.78 Å². The van der Waals surface area contributed by atoms with Crippen LogP contribution in [0.15, 0.2) is 84.8 Å². The van der Waals surface area contributed by atoms with Gasteiger partial charge in [-0.3, -0.25) is 9.78 Å². The molecule has 4 aromatic rings. The van der Waals surface area contributed by atoms with E-state index in [1.54, 1.807) is 37.4 Å². The summed E-state index contributed by atoms with van der Waals surface area (Å²) >= 11 is 0. The molecule has 7 heteroatoms. The van der Waals surface area contributed by atoms with E-state index < -0.39 is 11.6 Å². The van der Waals surface area contributed by atoms with Crippen molar-refractivity contribution in [1.82, 2.24) is 15.6 Å². The summed E-state index contributed by atoms with van der Waals surface area (Å²) in [4.78, 5) is 17.2. The number of hydrogen-bond acceptors (Lipinski definition) is 4. The molecule has 1 aromatic heterocycles. The van der Waals surface area contributed by atoms with Crippen LogP contribution in [0.4, 0.5) is 8.78 Å². The molecule has 0 aliphatic heterocycles. The lowest BCUT2D eigenvalue weighted by molar-refractivity contribution is 0.0964. The highest BCUT2D eigenvalue weighted by Gasteiger charge is 2.12. The molecule has 4 rings (SSSR count). The number of rotatable bonds is 6. The third kappa shape index (κ3) is 4.83. The van der Waals surface area contributed by atoms with Crippen molar-refractivity contribution in [2.75, 3.05) is 7.05 Å². The molecule has 0 radical (unpaired) electrons.